The number of aryl methyl sites for hydroxylation is 1. The summed E-state index contributed by atoms with van der Waals surface area (Å²) in [5.41, 5.74) is 3.23. The van der Waals surface area contributed by atoms with Gasteiger partial charge in [-0.3, -0.25) is 14.5 Å². The zero-order valence-corrected chi connectivity index (χ0v) is 18.3. The Hall–Kier alpha value is -2.44. The molecule has 1 aliphatic heterocycles. The largest absolute Gasteiger partial charge is 0.339 e. The van der Waals surface area contributed by atoms with Crippen molar-refractivity contribution in [2.75, 3.05) is 13.1 Å². The Morgan fingerprint density at radius 3 is 2.48 bits per heavy atom. The molecule has 150 valence electrons. The van der Waals surface area contributed by atoms with Gasteiger partial charge in [-0.15, -0.1) is 0 Å². The van der Waals surface area contributed by atoms with Crippen LogP contribution in [-0.4, -0.2) is 39.0 Å². The Morgan fingerprint density at radius 1 is 1.14 bits per heavy atom. The van der Waals surface area contributed by atoms with Crippen molar-refractivity contribution in [1.82, 2.24) is 9.80 Å². The van der Waals surface area contributed by atoms with Gasteiger partial charge in [-0.05, 0) is 31.1 Å². The molecular formula is C23H24N2O2S2. The molecule has 6 heteroatoms. The molecule has 0 spiro atoms. The fourth-order valence-electron chi connectivity index (χ4n) is 3.05. The minimum atomic E-state index is -0.125. The van der Waals surface area contributed by atoms with E-state index in [1.807, 2.05) is 74.5 Å². The third-order valence-corrected chi connectivity index (χ3v) is 6.13. The van der Waals surface area contributed by atoms with Crippen LogP contribution in [0.2, 0.25) is 0 Å². The van der Waals surface area contributed by atoms with Crippen molar-refractivity contribution in [1.29, 1.82) is 0 Å². The van der Waals surface area contributed by atoms with Crippen molar-refractivity contribution in [3.8, 4) is 0 Å². The van der Waals surface area contributed by atoms with Crippen LogP contribution in [0.5, 0.6) is 0 Å². The molecule has 0 N–H and O–H groups in total. The average molecular weight is 425 g/mol. The topological polar surface area (TPSA) is 40.6 Å². The first kappa shape index (κ1) is 21.3. The maximum Gasteiger partial charge on any atom is 0.266 e. The van der Waals surface area contributed by atoms with Gasteiger partial charge in [0.1, 0.15) is 4.32 Å². The molecule has 1 heterocycles. The standard InChI is InChI=1S/C23H24N2O2S2/c1-3-24(16-19-7-5-4-6-8-19)21(26)13-14-25-22(27)20(29-23(25)28)15-18-11-9-17(2)10-12-18/h4-12,15H,3,13-14,16H2,1-2H3/b20-15+. The van der Waals surface area contributed by atoms with Crippen molar-refractivity contribution in [2.45, 2.75) is 26.8 Å². The first-order chi connectivity index (χ1) is 14.0. The van der Waals surface area contributed by atoms with Gasteiger partial charge in [-0.25, -0.2) is 0 Å². The predicted octanol–water partition coefficient (Wildman–Crippen LogP) is 4.64. The van der Waals surface area contributed by atoms with Gasteiger partial charge in [0.05, 0.1) is 4.91 Å². The van der Waals surface area contributed by atoms with E-state index in [0.717, 1.165) is 11.1 Å². The van der Waals surface area contributed by atoms with Crippen molar-refractivity contribution >= 4 is 46.2 Å². The van der Waals surface area contributed by atoms with E-state index in [0.29, 0.717) is 28.9 Å². The lowest BCUT2D eigenvalue weighted by Crippen LogP contribution is -2.35. The summed E-state index contributed by atoms with van der Waals surface area (Å²) in [6.45, 7) is 5.49. The molecule has 0 saturated carbocycles. The first-order valence-corrected chi connectivity index (χ1v) is 10.8. The number of carbonyl (C=O) groups is 2. The van der Waals surface area contributed by atoms with Gasteiger partial charge in [-0.2, -0.15) is 0 Å². The Morgan fingerprint density at radius 2 is 1.83 bits per heavy atom. The van der Waals surface area contributed by atoms with Gasteiger partial charge in [-0.1, -0.05) is 84.1 Å². The molecule has 0 aromatic heterocycles. The quantitative estimate of drug-likeness (QED) is 0.480. The summed E-state index contributed by atoms with van der Waals surface area (Å²) in [6.07, 6.45) is 2.11. The highest BCUT2D eigenvalue weighted by atomic mass is 32.2. The van der Waals surface area contributed by atoms with Crippen LogP contribution in [0, 0.1) is 6.92 Å². The Balaban J connectivity index is 1.60. The van der Waals surface area contributed by atoms with Crippen LogP contribution in [0.1, 0.15) is 30.0 Å². The maximum atomic E-state index is 12.8. The van der Waals surface area contributed by atoms with Crippen LogP contribution in [0.25, 0.3) is 6.08 Å². The lowest BCUT2D eigenvalue weighted by Gasteiger charge is -2.22. The summed E-state index contributed by atoms with van der Waals surface area (Å²) in [4.78, 5) is 29.4. The summed E-state index contributed by atoms with van der Waals surface area (Å²) in [5, 5.41) is 0. The Bertz CT molecular complexity index is 924. The summed E-state index contributed by atoms with van der Waals surface area (Å²) >= 11 is 6.68. The second kappa shape index (κ2) is 9.85. The van der Waals surface area contributed by atoms with E-state index in [9.17, 15) is 9.59 Å². The molecule has 2 aromatic carbocycles. The van der Waals surface area contributed by atoms with Crippen molar-refractivity contribution < 1.29 is 9.59 Å². The van der Waals surface area contributed by atoms with Gasteiger partial charge < -0.3 is 4.90 Å². The van der Waals surface area contributed by atoms with Gasteiger partial charge >= 0.3 is 0 Å². The molecule has 0 aliphatic carbocycles. The number of carbonyl (C=O) groups excluding carboxylic acids is 2. The Kier molecular flexibility index (Phi) is 7.23. The van der Waals surface area contributed by atoms with Gasteiger partial charge in [0.2, 0.25) is 5.91 Å². The van der Waals surface area contributed by atoms with Gasteiger partial charge in [0.25, 0.3) is 5.91 Å². The number of hydrogen-bond donors (Lipinski definition) is 0. The normalized spacial score (nSPS) is 15.2. The highest BCUT2D eigenvalue weighted by Crippen LogP contribution is 2.32. The van der Waals surface area contributed by atoms with Crippen LogP contribution >= 0.6 is 24.0 Å². The smallest absolute Gasteiger partial charge is 0.266 e. The summed E-state index contributed by atoms with van der Waals surface area (Å²) in [5.74, 6) is -0.104. The fourth-order valence-corrected chi connectivity index (χ4v) is 4.36. The highest BCUT2D eigenvalue weighted by Gasteiger charge is 2.32. The molecule has 0 atom stereocenters. The van der Waals surface area contributed by atoms with Crippen LogP contribution in [0.4, 0.5) is 0 Å². The summed E-state index contributed by atoms with van der Waals surface area (Å²) < 4.78 is 0.507. The number of thiocarbonyl (C=S) groups is 1. The first-order valence-electron chi connectivity index (χ1n) is 9.61. The van der Waals surface area contributed by atoms with E-state index in [-0.39, 0.29) is 18.2 Å². The minimum absolute atomic E-state index is 0.0212. The second-order valence-corrected chi connectivity index (χ2v) is 8.56. The van der Waals surface area contributed by atoms with Crippen LogP contribution in [0.15, 0.2) is 59.5 Å². The molecule has 1 saturated heterocycles. The van der Waals surface area contributed by atoms with Crippen molar-refractivity contribution in [3.63, 3.8) is 0 Å². The molecule has 1 aliphatic rings. The predicted molar refractivity (Wildman–Crippen MR) is 123 cm³/mol. The fraction of sp³-hybridized carbons (Fsp3) is 0.261. The van der Waals surface area contributed by atoms with Gasteiger partial charge in [0.15, 0.2) is 0 Å². The van der Waals surface area contributed by atoms with Crippen LogP contribution < -0.4 is 0 Å². The van der Waals surface area contributed by atoms with E-state index in [1.54, 1.807) is 4.90 Å². The molecule has 0 radical (unpaired) electrons. The molecule has 4 nitrogen and oxygen atoms in total. The lowest BCUT2D eigenvalue weighted by atomic mass is 10.1. The molecule has 29 heavy (non-hydrogen) atoms. The van der Waals surface area contributed by atoms with Crippen molar-refractivity contribution in [3.05, 3.63) is 76.2 Å². The third kappa shape index (κ3) is 5.55. The monoisotopic (exact) mass is 424 g/mol. The SMILES string of the molecule is CCN(Cc1ccccc1)C(=O)CCN1C(=O)/C(=C\c2ccc(C)cc2)SC1=S. The van der Waals surface area contributed by atoms with E-state index in [4.69, 9.17) is 12.2 Å². The number of benzene rings is 2. The van der Waals surface area contributed by atoms with E-state index >= 15 is 0 Å². The number of amides is 2. The second-order valence-electron chi connectivity index (χ2n) is 6.89. The zero-order chi connectivity index (χ0) is 20.8. The zero-order valence-electron chi connectivity index (χ0n) is 16.6. The molecule has 3 rings (SSSR count). The number of thioether (sulfide) groups is 1. The van der Waals surface area contributed by atoms with Crippen molar-refractivity contribution in [2.24, 2.45) is 0 Å². The lowest BCUT2D eigenvalue weighted by molar-refractivity contribution is -0.132. The molecule has 1 fully saturated rings. The summed E-state index contributed by atoms with van der Waals surface area (Å²) in [7, 11) is 0. The number of nitrogens with zero attached hydrogens (tertiary/aromatic N) is 2. The summed E-state index contributed by atoms with van der Waals surface area (Å²) in [6, 6.07) is 17.9. The molecule has 0 unspecified atom stereocenters. The minimum Gasteiger partial charge on any atom is -0.339 e. The van der Waals surface area contributed by atoms with E-state index in [2.05, 4.69) is 0 Å². The highest BCUT2D eigenvalue weighted by molar-refractivity contribution is 8.26. The number of rotatable bonds is 7. The molecular weight excluding hydrogens is 400 g/mol. The average Bonchev–Trinajstić information content (AvgIpc) is 2.99. The molecule has 0 bridgehead atoms. The van der Waals surface area contributed by atoms with Crippen LogP contribution in [0.3, 0.4) is 0 Å². The molecule has 2 aromatic rings. The Labute approximate surface area is 181 Å². The maximum absolute atomic E-state index is 12.8. The molecule has 2 amide bonds. The third-order valence-electron chi connectivity index (χ3n) is 4.75. The van der Waals surface area contributed by atoms with E-state index in [1.165, 1.54) is 22.2 Å². The number of hydrogen-bond acceptors (Lipinski definition) is 4. The van der Waals surface area contributed by atoms with Gasteiger partial charge in [0, 0.05) is 26.1 Å². The van der Waals surface area contributed by atoms with E-state index < -0.39 is 0 Å². The van der Waals surface area contributed by atoms with Crippen LogP contribution in [-0.2, 0) is 16.1 Å².